The third kappa shape index (κ3) is 7.70. The van der Waals surface area contributed by atoms with E-state index in [9.17, 15) is 0 Å². The summed E-state index contributed by atoms with van der Waals surface area (Å²) >= 11 is 0. The number of benzene rings is 2. The van der Waals surface area contributed by atoms with Gasteiger partial charge in [0.2, 0.25) is 0 Å². The largest absolute Gasteiger partial charge is 0.497 e. The number of nitrogens with one attached hydrogen (secondary N) is 2. The number of aryl methyl sites for hydroxylation is 1. The maximum atomic E-state index is 5.87. The third-order valence-electron chi connectivity index (χ3n) is 4.81. The predicted octanol–water partition coefficient (Wildman–Crippen LogP) is 3.67. The van der Waals surface area contributed by atoms with E-state index in [4.69, 9.17) is 9.47 Å². The van der Waals surface area contributed by atoms with Gasteiger partial charge in [0.25, 0.3) is 0 Å². The molecule has 0 bridgehead atoms. The summed E-state index contributed by atoms with van der Waals surface area (Å²) in [6.07, 6.45) is 3.52. The van der Waals surface area contributed by atoms with Crippen LogP contribution in [-0.4, -0.2) is 48.0 Å². The summed E-state index contributed by atoms with van der Waals surface area (Å²) in [7, 11) is 3.42. The fourth-order valence-corrected chi connectivity index (χ4v) is 3.08. The van der Waals surface area contributed by atoms with E-state index in [2.05, 4.69) is 49.4 Å². The van der Waals surface area contributed by atoms with Crippen LogP contribution in [0.5, 0.6) is 17.2 Å². The quantitative estimate of drug-likeness (QED) is 0.228. The van der Waals surface area contributed by atoms with Crippen LogP contribution in [0.4, 0.5) is 0 Å². The van der Waals surface area contributed by atoms with E-state index >= 15 is 0 Å². The molecule has 0 unspecified atom stereocenters. The molecule has 0 aliphatic heterocycles. The summed E-state index contributed by atoms with van der Waals surface area (Å²) in [5, 5.41) is 14.7. The molecule has 0 spiro atoms. The maximum Gasteiger partial charge on any atom is 0.191 e. The summed E-state index contributed by atoms with van der Waals surface area (Å²) in [6, 6.07) is 15.7. The van der Waals surface area contributed by atoms with Crippen molar-refractivity contribution in [2.24, 2.45) is 4.99 Å². The Morgan fingerprint density at radius 3 is 2.22 bits per heavy atom. The molecule has 172 valence electrons. The second-order valence-electron chi connectivity index (χ2n) is 6.89. The summed E-state index contributed by atoms with van der Waals surface area (Å²) in [6.45, 7) is 4.41. The van der Waals surface area contributed by atoms with Crippen LogP contribution in [0.2, 0.25) is 0 Å². The van der Waals surface area contributed by atoms with Crippen molar-refractivity contribution in [3.05, 3.63) is 66.2 Å². The van der Waals surface area contributed by atoms with Crippen LogP contribution < -0.4 is 20.1 Å². The number of nitrogens with zero attached hydrogens (tertiary/aromatic N) is 4. The van der Waals surface area contributed by atoms with Crippen molar-refractivity contribution in [1.82, 2.24) is 25.4 Å². The molecule has 9 heteroatoms. The molecule has 0 amide bonds. The van der Waals surface area contributed by atoms with E-state index in [-0.39, 0.29) is 24.0 Å². The van der Waals surface area contributed by atoms with E-state index in [0.717, 1.165) is 61.5 Å². The van der Waals surface area contributed by atoms with Crippen molar-refractivity contribution in [1.29, 1.82) is 0 Å². The molecular weight excluding hydrogens is 519 g/mol. The number of guanidine groups is 1. The molecular formula is C23H31IN6O2. The van der Waals surface area contributed by atoms with E-state index in [0.29, 0.717) is 0 Å². The summed E-state index contributed by atoms with van der Waals surface area (Å²) in [5.74, 6) is 4.17. The van der Waals surface area contributed by atoms with Crippen molar-refractivity contribution in [3.63, 3.8) is 0 Å². The molecule has 0 atom stereocenters. The Morgan fingerprint density at radius 2 is 1.59 bits per heavy atom. The van der Waals surface area contributed by atoms with E-state index in [1.165, 1.54) is 5.56 Å². The van der Waals surface area contributed by atoms with Gasteiger partial charge in [0, 0.05) is 33.1 Å². The molecule has 3 rings (SSSR count). The van der Waals surface area contributed by atoms with Gasteiger partial charge in [-0.05, 0) is 48.4 Å². The molecule has 1 aromatic heterocycles. The highest BCUT2D eigenvalue weighted by Gasteiger charge is 2.03. The highest BCUT2D eigenvalue weighted by Crippen LogP contribution is 2.24. The van der Waals surface area contributed by atoms with Gasteiger partial charge in [0.15, 0.2) is 5.96 Å². The lowest BCUT2D eigenvalue weighted by Crippen LogP contribution is -2.39. The Labute approximate surface area is 206 Å². The van der Waals surface area contributed by atoms with Crippen molar-refractivity contribution in [3.8, 4) is 17.2 Å². The molecule has 2 N–H and O–H groups in total. The zero-order valence-electron chi connectivity index (χ0n) is 18.7. The van der Waals surface area contributed by atoms with Gasteiger partial charge in [0.05, 0.1) is 7.11 Å². The van der Waals surface area contributed by atoms with Crippen molar-refractivity contribution in [2.75, 3.05) is 27.2 Å². The normalized spacial score (nSPS) is 10.9. The molecule has 0 fully saturated rings. The summed E-state index contributed by atoms with van der Waals surface area (Å²) in [5.41, 5.74) is 1.22. The van der Waals surface area contributed by atoms with Gasteiger partial charge in [-0.3, -0.25) is 4.99 Å². The Morgan fingerprint density at radius 1 is 0.969 bits per heavy atom. The van der Waals surface area contributed by atoms with Crippen LogP contribution in [0.1, 0.15) is 18.3 Å². The zero-order valence-corrected chi connectivity index (χ0v) is 21.1. The van der Waals surface area contributed by atoms with Gasteiger partial charge in [-0.1, -0.05) is 19.1 Å². The maximum absolute atomic E-state index is 5.87. The molecule has 8 nitrogen and oxygen atoms in total. The molecule has 0 radical (unpaired) electrons. The fraction of sp³-hybridized carbons (Fsp3) is 0.348. The van der Waals surface area contributed by atoms with Crippen LogP contribution in [0, 0.1) is 0 Å². The fourth-order valence-electron chi connectivity index (χ4n) is 3.08. The van der Waals surface area contributed by atoms with Gasteiger partial charge >= 0.3 is 0 Å². The lowest BCUT2D eigenvalue weighted by atomic mass is 10.1. The molecule has 0 aliphatic carbocycles. The lowest BCUT2D eigenvalue weighted by molar-refractivity contribution is 0.413. The average molecular weight is 550 g/mol. The van der Waals surface area contributed by atoms with Gasteiger partial charge in [0.1, 0.15) is 29.4 Å². The number of hydrogen-bond donors (Lipinski definition) is 2. The van der Waals surface area contributed by atoms with Gasteiger partial charge in [-0.25, -0.2) is 0 Å². The first-order valence-electron chi connectivity index (χ1n) is 10.4. The van der Waals surface area contributed by atoms with E-state index in [1.54, 1.807) is 20.5 Å². The minimum Gasteiger partial charge on any atom is -0.497 e. The number of rotatable bonds is 10. The van der Waals surface area contributed by atoms with E-state index in [1.807, 2.05) is 36.4 Å². The van der Waals surface area contributed by atoms with Crippen molar-refractivity contribution in [2.45, 2.75) is 26.3 Å². The third-order valence-corrected chi connectivity index (χ3v) is 4.81. The zero-order chi connectivity index (χ0) is 21.9. The molecule has 0 saturated carbocycles. The highest BCUT2D eigenvalue weighted by molar-refractivity contribution is 14.0. The van der Waals surface area contributed by atoms with Crippen LogP contribution in [0.3, 0.4) is 0 Å². The molecule has 2 aromatic carbocycles. The summed E-state index contributed by atoms with van der Waals surface area (Å²) < 4.78 is 13.1. The van der Waals surface area contributed by atoms with Crippen LogP contribution >= 0.6 is 24.0 Å². The minimum atomic E-state index is 0. The Balaban J connectivity index is 0.00000363. The number of aromatic nitrogens is 3. The molecule has 32 heavy (non-hydrogen) atoms. The Bertz CT molecular complexity index is 957. The monoisotopic (exact) mass is 550 g/mol. The Hall–Kier alpha value is -2.82. The second kappa shape index (κ2) is 13.6. The average Bonchev–Trinajstić information content (AvgIpc) is 3.27. The van der Waals surface area contributed by atoms with E-state index < -0.39 is 0 Å². The van der Waals surface area contributed by atoms with Crippen LogP contribution in [0.25, 0.3) is 0 Å². The van der Waals surface area contributed by atoms with Crippen molar-refractivity contribution < 1.29 is 9.47 Å². The topological polar surface area (TPSA) is 85.6 Å². The first-order chi connectivity index (χ1) is 15.2. The number of aliphatic imine (C=N–C) groups is 1. The van der Waals surface area contributed by atoms with Crippen molar-refractivity contribution >= 4 is 29.9 Å². The molecule has 1 heterocycles. The Kier molecular flexibility index (Phi) is 10.8. The molecule has 3 aromatic rings. The predicted molar refractivity (Wildman–Crippen MR) is 137 cm³/mol. The molecule has 0 saturated heterocycles. The summed E-state index contributed by atoms with van der Waals surface area (Å²) in [4.78, 5) is 4.28. The van der Waals surface area contributed by atoms with Crippen LogP contribution in [-0.2, 0) is 19.4 Å². The first kappa shape index (κ1) is 25.4. The van der Waals surface area contributed by atoms with Gasteiger partial charge in [-0.2, -0.15) is 0 Å². The highest BCUT2D eigenvalue weighted by atomic mass is 127. The SMILES string of the molecule is CCc1nncn1CCNC(=NC)NCCc1ccc(Oc2ccc(OC)cc2)cc1.I. The molecule has 0 aliphatic rings. The van der Waals surface area contributed by atoms with Crippen LogP contribution in [0.15, 0.2) is 59.9 Å². The second-order valence-corrected chi connectivity index (χ2v) is 6.89. The standard InChI is InChI=1S/C23H30N6O2.HI/c1-4-22-28-27-17-29(22)16-15-26-23(24-2)25-14-13-18-5-7-20(8-6-18)31-21-11-9-19(30-3)10-12-21;/h5-12,17H,4,13-16H2,1-3H3,(H2,24,25,26);1H. The minimum absolute atomic E-state index is 0. The first-order valence-corrected chi connectivity index (χ1v) is 10.4. The number of ether oxygens (including phenoxy) is 2. The number of methoxy groups -OCH3 is 1. The smallest absolute Gasteiger partial charge is 0.191 e. The van der Waals surface area contributed by atoms with Gasteiger partial charge in [-0.15, -0.1) is 34.2 Å². The number of halogens is 1. The van der Waals surface area contributed by atoms with Gasteiger partial charge < -0.3 is 24.7 Å². The number of hydrogen-bond acceptors (Lipinski definition) is 5. The lowest BCUT2D eigenvalue weighted by Gasteiger charge is -2.13.